The average Bonchev–Trinajstić information content (AvgIpc) is 2.39. The van der Waals surface area contributed by atoms with Gasteiger partial charge in [0.15, 0.2) is 13.5 Å². The van der Waals surface area contributed by atoms with Gasteiger partial charge in [-0.3, -0.25) is 4.79 Å². The topological polar surface area (TPSA) is 35.5 Å². The van der Waals surface area contributed by atoms with Crippen molar-refractivity contribution in [3.05, 3.63) is 0 Å². The Morgan fingerprint density at radius 3 is 1.91 bits per heavy atom. The second-order valence-corrected chi connectivity index (χ2v) is 10.7. The summed E-state index contributed by atoms with van der Waals surface area (Å²) in [6, 6.07) is 0. The van der Waals surface area contributed by atoms with Gasteiger partial charge < -0.3 is 9.05 Å². The van der Waals surface area contributed by atoms with Crippen LogP contribution in [0.15, 0.2) is 0 Å². The Morgan fingerprint density at radius 1 is 0.913 bits per heavy atom. The van der Waals surface area contributed by atoms with Crippen LogP contribution >= 0.6 is 20.1 Å². The summed E-state index contributed by atoms with van der Waals surface area (Å²) >= 11 is 1.44. The highest BCUT2D eigenvalue weighted by atomic mass is 32.2. The van der Waals surface area contributed by atoms with Crippen LogP contribution in [0.4, 0.5) is 0 Å². The van der Waals surface area contributed by atoms with Crippen LogP contribution in [0.3, 0.4) is 0 Å². The summed E-state index contributed by atoms with van der Waals surface area (Å²) in [5.41, 5.74) is 0.180. The molecule has 0 saturated carbocycles. The van der Waals surface area contributed by atoms with Crippen molar-refractivity contribution in [1.29, 1.82) is 0 Å². The van der Waals surface area contributed by atoms with E-state index < -0.39 is 8.38 Å². The Bertz CT molecular complexity index is 321. The van der Waals surface area contributed by atoms with E-state index in [4.69, 9.17) is 9.05 Å². The van der Waals surface area contributed by atoms with Gasteiger partial charge >= 0.3 is 0 Å². The molecule has 0 N–H and O–H groups in total. The lowest BCUT2D eigenvalue weighted by molar-refractivity contribution is -0.117. The predicted molar refractivity (Wildman–Crippen MR) is 104 cm³/mol. The molecule has 0 aromatic carbocycles. The molecule has 5 heteroatoms. The van der Waals surface area contributed by atoms with Gasteiger partial charge in [-0.2, -0.15) is 0 Å². The highest BCUT2D eigenvalue weighted by Crippen LogP contribution is 2.34. The van der Waals surface area contributed by atoms with Gasteiger partial charge in [-0.15, -0.1) is 0 Å². The zero-order valence-corrected chi connectivity index (χ0v) is 17.9. The standard InChI is InChI=1S/C18H37O3PS/c1-17(2,3)12-8-9-13-20-22(7)21-14-10-11-15-23-16(19)18(4,5)6/h8-15H2,1-7H3. The summed E-state index contributed by atoms with van der Waals surface area (Å²) < 4.78 is 11.4. The predicted octanol–water partition coefficient (Wildman–Crippen LogP) is 6.26. The van der Waals surface area contributed by atoms with E-state index in [-0.39, 0.29) is 10.5 Å². The van der Waals surface area contributed by atoms with Gasteiger partial charge in [0, 0.05) is 17.8 Å². The first-order valence-corrected chi connectivity index (χ1v) is 11.3. The van der Waals surface area contributed by atoms with E-state index in [1.54, 1.807) is 0 Å². The maximum atomic E-state index is 11.8. The molecule has 0 spiro atoms. The molecule has 1 atom stereocenters. The van der Waals surface area contributed by atoms with E-state index in [0.717, 1.165) is 38.2 Å². The molecule has 0 heterocycles. The third-order valence-corrected chi connectivity index (χ3v) is 5.71. The zero-order chi connectivity index (χ0) is 17.9. The van der Waals surface area contributed by atoms with Crippen LogP contribution < -0.4 is 0 Å². The first-order valence-electron chi connectivity index (χ1n) is 8.69. The van der Waals surface area contributed by atoms with E-state index in [0.29, 0.717) is 5.41 Å². The van der Waals surface area contributed by atoms with Crippen LogP contribution in [0.5, 0.6) is 0 Å². The van der Waals surface area contributed by atoms with Crippen molar-refractivity contribution in [3.8, 4) is 0 Å². The van der Waals surface area contributed by atoms with E-state index in [1.165, 1.54) is 24.6 Å². The van der Waals surface area contributed by atoms with Crippen molar-refractivity contribution in [2.24, 2.45) is 10.8 Å². The molecule has 0 saturated heterocycles. The molecule has 0 amide bonds. The summed E-state index contributed by atoms with van der Waals surface area (Å²) in [6.45, 7) is 16.3. The van der Waals surface area contributed by atoms with Crippen LogP contribution in [-0.4, -0.2) is 30.7 Å². The number of rotatable bonds is 11. The Hall–Kier alpha value is 0.370. The lowest BCUT2D eigenvalue weighted by atomic mass is 9.90. The minimum Gasteiger partial charge on any atom is -0.334 e. The SMILES string of the molecule is CP(OCCCCSC(=O)C(C)(C)C)OCCCCC(C)(C)C. The van der Waals surface area contributed by atoms with E-state index in [9.17, 15) is 4.79 Å². The van der Waals surface area contributed by atoms with Gasteiger partial charge in [-0.25, -0.2) is 0 Å². The second-order valence-electron chi connectivity index (χ2n) is 8.22. The monoisotopic (exact) mass is 364 g/mol. The van der Waals surface area contributed by atoms with Gasteiger partial charge in [0.1, 0.15) is 0 Å². The summed E-state index contributed by atoms with van der Waals surface area (Å²) in [5, 5.41) is 0.273. The van der Waals surface area contributed by atoms with Gasteiger partial charge in [-0.05, 0) is 31.1 Å². The molecule has 0 fully saturated rings. The van der Waals surface area contributed by atoms with Crippen molar-refractivity contribution >= 4 is 25.3 Å². The summed E-state index contributed by atoms with van der Waals surface area (Å²) in [6.07, 6.45) is 5.57. The zero-order valence-electron chi connectivity index (χ0n) is 16.2. The molecule has 0 rings (SSSR count). The highest BCUT2D eigenvalue weighted by molar-refractivity contribution is 8.13. The molecule has 3 nitrogen and oxygen atoms in total. The molecule has 0 aliphatic rings. The molecular weight excluding hydrogens is 327 g/mol. The summed E-state index contributed by atoms with van der Waals surface area (Å²) in [5.74, 6) is 0.884. The van der Waals surface area contributed by atoms with E-state index in [2.05, 4.69) is 20.8 Å². The van der Waals surface area contributed by atoms with Crippen molar-refractivity contribution in [2.75, 3.05) is 25.6 Å². The number of carbonyl (C=O) groups excluding carboxylic acids is 1. The number of thioether (sulfide) groups is 1. The first-order chi connectivity index (χ1) is 10.5. The van der Waals surface area contributed by atoms with Crippen LogP contribution in [0.1, 0.15) is 73.6 Å². The fourth-order valence-electron chi connectivity index (χ4n) is 1.77. The summed E-state index contributed by atoms with van der Waals surface area (Å²) in [7, 11) is -0.751. The van der Waals surface area contributed by atoms with Gasteiger partial charge in [-0.1, -0.05) is 59.7 Å². The number of hydrogen-bond acceptors (Lipinski definition) is 4. The fraction of sp³-hybridized carbons (Fsp3) is 0.944. The lowest BCUT2D eigenvalue weighted by Crippen LogP contribution is -2.16. The number of hydrogen-bond donors (Lipinski definition) is 0. The lowest BCUT2D eigenvalue weighted by Gasteiger charge is -2.18. The van der Waals surface area contributed by atoms with Crippen molar-refractivity contribution in [2.45, 2.75) is 73.6 Å². The van der Waals surface area contributed by atoms with Crippen molar-refractivity contribution in [1.82, 2.24) is 0 Å². The van der Waals surface area contributed by atoms with Crippen LogP contribution in [-0.2, 0) is 13.8 Å². The fourth-order valence-corrected chi connectivity index (χ4v) is 3.58. The normalized spacial score (nSPS) is 14.0. The maximum absolute atomic E-state index is 11.8. The molecule has 0 aliphatic heterocycles. The van der Waals surface area contributed by atoms with Gasteiger partial charge in [0.05, 0.1) is 13.2 Å². The number of unbranched alkanes of at least 4 members (excludes halogenated alkanes) is 2. The molecule has 0 aromatic rings. The van der Waals surface area contributed by atoms with E-state index >= 15 is 0 Å². The third-order valence-electron chi connectivity index (χ3n) is 3.25. The Balaban J connectivity index is 3.44. The molecule has 0 aromatic heterocycles. The van der Waals surface area contributed by atoms with Gasteiger partial charge in [0.25, 0.3) is 0 Å². The molecular formula is C18H37O3PS. The molecule has 138 valence electrons. The van der Waals surface area contributed by atoms with Gasteiger partial charge in [0.2, 0.25) is 0 Å². The molecule has 1 unspecified atom stereocenters. The minimum atomic E-state index is -0.751. The molecule has 23 heavy (non-hydrogen) atoms. The molecule has 0 bridgehead atoms. The van der Waals surface area contributed by atoms with Crippen LogP contribution in [0.2, 0.25) is 0 Å². The first kappa shape index (κ1) is 23.4. The van der Waals surface area contributed by atoms with Crippen LogP contribution in [0, 0.1) is 10.8 Å². The average molecular weight is 365 g/mol. The largest absolute Gasteiger partial charge is 0.334 e. The van der Waals surface area contributed by atoms with Crippen molar-refractivity contribution < 1.29 is 13.8 Å². The third kappa shape index (κ3) is 15.6. The Labute approximate surface area is 149 Å². The second kappa shape index (κ2) is 11.8. The molecule has 0 radical (unpaired) electrons. The van der Waals surface area contributed by atoms with Crippen molar-refractivity contribution in [3.63, 3.8) is 0 Å². The Kier molecular flexibility index (Phi) is 12.0. The summed E-state index contributed by atoms with van der Waals surface area (Å²) in [4.78, 5) is 11.8. The highest BCUT2D eigenvalue weighted by Gasteiger charge is 2.20. The van der Waals surface area contributed by atoms with E-state index in [1.807, 2.05) is 27.4 Å². The Morgan fingerprint density at radius 2 is 1.43 bits per heavy atom. The quantitative estimate of drug-likeness (QED) is 0.320. The number of carbonyl (C=O) groups is 1. The smallest absolute Gasteiger partial charge is 0.194 e. The minimum absolute atomic E-state index is 0.236. The maximum Gasteiger partial charge on any atom is 0.194 e. The van der Waals surface area contributed by atoms with Crippen LogP contribution in [0.25, 0.3) is 0 Å². The molecule has 0 aliphatic carbocycles.